The molecule has 0 spiro atoms. The first-order valence-electron chi connectivity index (χ1n) is 25.9. The minimum absolute atomic E-state index is 0.0212. The number of aromatic hydroxyl groups is 3. The van der Waals surface area contributed by atoms with Gasteiger partial charge in [-0.25, -0.2) is 9.78 Å². The van der Waals surface area contributed by atoms with Gasteiger partial charge in [0.15, 0.2) is 29.1 Å². The fraction of sp³-hybridized carbons (Fsp3) is 0.491. The number of benzene rings is 3. The molecule has 3 heterocycles. The fourth-order valence-corrected chi connectivity index (χ4v) is 14.3. The van der Waals surface area contributed by atoms with Crippen LogP contribution in [0, 0.1) is 29.6 Å². The van der Waals surface area contributed by atoms with Crippen LogP contribution in [0.25, 0.3) is 6.08 Å². The van der Waals surface area contributed by atoms with E-state index in [0.717, 1.165) is 23.0 Å². The molecule has 76 heavy (non-hydrogen) atoms. The van der Waals surface area contributed by atoms with E-state index in [2.05, 4.69) is 15.0 Å². The van der Waals surface area contributed by atoms with E-state index in [-0.39, 0.29) is 66.5 Å². The molecule has 16 N–H and O–H groups in total. The summed E-state index contributed by atoms with van der Waals surface area (Å²) in [6.45, 7) is -1.01. The summed E-state index contributed by atoms with van der Waals surface area (Å²) >= 11 is 0. The average molecular weight is 1050 g/mol. The molecule has 4 aliphatic carbocycles. The summed E-state index contributed by atoms with van der Waals surface area (Å²) < 4.78 is 11.2. The number of aliphatic hydroxyl groups excluding tert-OH is 6. The van der Waals surface area contributed by atoms with Gasteiger partial charge in [-0.1, -0.05) is 30.2 Å². The van der Waals surface area contributed by atoms with Gasteiger partial charge in [-0.2, -0.15) is 0 Å². The lowest BCUT2D eigenvalue weighted by Crippen LogP contribution is -2.67. The van der Waals surface area contributed by atoms with Gasteiger partial charge in [0.2, 0.25) is 0 Å². The van der Waals surface area contributed by atoms with Gasteiger partial charge in [-0.05, 0) is 128 Å². The maximum absolute atomic E-state index is 15.6. The number of hydrogen-bond donors (Lipinski definition) is 14. The average Bonchev–Trinajstić information content (AvgIpc) is 4.21. The van der Waals surface area contributed by atoms with Gasteiger partial charge >= 0.3 is 11.9 Å². The Balaban J connectivity index is 1.19. The molecule has 1 aromatic heterocycles. The van der Waals surface area contributed by atoms with Crippen molar-refractivity contribution in [3.63, 3.8) is 0 Å². The zero-order valence-electron chi connectivity index (χ0n) is 41.6. The second-order valence-electron chi connectivity index (χ2n) is 21.5. The molecule has 2 saturated carbocycles. The number of carboxylic acid groups (broad SMARTS) is 1. The number of aliphatic hydroxyl groups is 7. The highest BCUT2D eigenvalue weighted by molar-refractivity contribution is 6.13. The Morgan fingerprint density at radius 1 is 0.934 bits per heavy atom. The number of H-pyrrole nitrogens is 1. The monoisotopic (exact) mass is 1050 g/mol. The number of imidazole rings is 1. The molecule has 1 amide bonds. The Hall–Kier alpha value is -6.56. The molecule has 14 unspecified atom stereocenters. The molecule has 1 saturated heterocycles. The lowest BCUT2D eigenvalue weighted by Gasteiger charge is -2.59. The van der Waals surface area contributed by atoms with Crippen molar-refractivity contribution < 1.29 is 75.2 Å². The van der Waals surface area contributed by atoms with E-state index >= 15 is 9.59 Å². The number of amides is 1. The van der Waals surface area contributed by atoms with Crippen LogP contribution in [0.3, 0.4) is 0 Å². The molecule has 406 valence electrons. The number of aromatic amines is 1. The smallest absolute Gasteiger partial charge is 0.355 e. The van der Waals surface area contributed by atoms with E-state index in [1.807, 2.05) is 6.07 Å². The number of carbonyl (C=O) groups excluding carboxylic acids is 1. The van der Waals surface area contributed by atoms with Gasteiger partial charge in [0.05, 0.1) is 24.7 Å². The van der Waals surface area contributed by atoms with Gasteiger partial charge in [0, 0.05) is 72.0 Å². The number of carbonyl (C=O) groups is 2. The third-order valence-corrected chi connectivity index (χ3v) is 17.5. The predicted molar refractivity (Wildman–Crippen MR) is 273 cm³/mol. The predicted octanol–water partition coefficient (Wildman–Crippen LogP) is 1.87. The number of fused-ring (bicyclic) bond motifs is 6. The lowest BCUT2D eigenvalue weighted by atomic mass is 9.44. The quantitative estimate of drug-likeness (QED) is 0.0282. The van der Waals surface area contributed by atoms with Crippen LogP contribution in [-0.2, 0) is 32.6 Å². The number of aromatic nitrogens is 2. The van der Waals surface area contributed by atoms with Crippen LogP contribution in [0.1, 0.15) is 90.8 Å². The van der Waals surface area contributed by atoms with Crippen LogP contribution in [0.2, 0.25) is 0 Å². The normalized spacial score (nSPS) is 33.7. The van der Waals surface area contributed by atoms with Crippen molar-refractivity contribution in [3.05, 3.63) is 112 Å². The van der Waals surface area contributed by atoms with Crippen LogP contribution >= 0.6 is 0 Å². The summed E-state index contributed by atoms with van der Waals surface area (Å²) in [7, 11) is 0. The van der Waals surface area contributed by atoms with E-state index in [0.29, 0.717) is 72.9 Å². The number of nitrogens with one attached hydrogen (secondary N) is 1. The number of nitrogens with two attached hydrogens (primary N) is 2. The highest BCUT2D eigenvalue weighted by Crippen LogP contribution is 2.71. The molecule has 21 nitrogen and oxygen atoms in total. The number of ether oxygens (including phenoxy) is 2. The topological polar surface area (TPSA) is 371 Å². The van der Waals surface area contributed by atoms with Crippen molar-refractivity contribution in [2.24, 2.45) is 46.0 Å². The van der Waals surface area contributed by atoms with Crippen LogP contribution in [0.5, 0.6) is 23.0 Å². The molecule has 4 aromatic rings. The number of allylic oxidation sites excluding steroid dienone is 1. The number of phenols is 3. The number of phenolic OH excluding ortho intramolecular Hbond substituents is 3. The third-order valence-electron chi connectivity index (χ3n) is 17.5. The first-order chi connectivity index (χ1) is 36.4. The van der Waals surface area contributed by atoms with E-state index in [4.69, 9.17) is 20.9 Å². The fourth-order valence-electron chi connectivity index (χ4n) is 14.3. The maximum Gasteiger partial charge on any atom is 0.355 e. The Labute approximate surface area is 437 Å². The van der Waals surface area contributed by atoms with Crippen LogP contribution < -0.4 is 21.1 Å². The van der Waals surface area contributed by atoms with Gasteiger partial charge in [0.1, 0.15) is 29.8 Å². The minimum Gasteiger partial charge on any atom is -0.508 e. The van der Waals surface area contributed by atoms with E-state index in [1.54, 1.807) is 36.5 Å². The third kappa shape index (κ3) is 8.66. The maximum atomic E-state index is 15.6. The van der Waals surface area contributed by atoms with Crippen LogP contribution in [-0.4, -0.2) is 146 Å². The Morgan fingerprint density at radius 2 is 1.74 bits per heavy atom. The molecule has 2 aliphatic heterocycles. The van der Waals surface area contributed by atoms with Gasteiger partial charge < -0.3 is 82.1 Å². The largest absolute Gasteiger partial charge is 0.508 e. The van der Waals surface area contributed by atoms with Gasteiger partial charge in [-0.15, -0.1) is 0 Å². The van der Waals surface area contributed by atoms with E-state index in [9.17, 15) is 56.2 Å². The first-order valence-corrected chi connectivity index (χ1v) is 25.9. The molecular weight excluding hydrogens is 985 g/mol. The van der Waals surface area contributed by atoms with Gasteiger partial charge in [-0.3, -0.25) is 14.7 Å². The number of rotatable bonds is 14. The van der Waals surface area contributed by atoms with Crippen molar-refractivity contribution >= 4 is 29.6 Å². The lowest BCUT2D eigenvalue weighted by molar-refractivity contribution is -0.422. The van der Waals surface area contributed by atoms with E-state index in [1.165, 1.54) is 30.6 Å². The molecule has 3 aromatic carbocycles. The number of guanidine groups is 1. The Kier molecular flexibility index (Phi) is 14.2. The van der Waals surface area contributed by atoms with E-state index < -0.39 is 101 Å². The summed E-state index contributed by atoms with van der Waals surface area (Å²) in [5, 5.41) is 125. The summed E-state index contributed by atoms with van der Waals surface area (Å²) in [6, 6.07) is 12.3. The number of anilines is 1. The molecule has 21 heteroatoms. The summed E-state index contributed by atoms with van der Waals surface area (Å²) in [6.07, 6.45) is 3.35. The number of aryl methyl sites for hydroxylation is 1. The SMILES string of the molecule is NC(N)=NCCC1CCC(C2=CC3(C(=O)O)C(c4cc(O)c(OC5(O)OC(CO)C(O)C(O)C5O)cc4N3C(=O)C=Cc3ccc(O)c(Cc4cnc[nH]4)c3)C2C23c4c(O)cccc4CCC2CCCC3CO)CC1O. The molecule has 0 radical (unpaired) electrons. The second kappa shape index (κ2) is 20.4. The molecule has 6 aliphatic rings. The minimum atomic E-state index is -3.23. The highest BCUT2D eigenvalue weighted by atomic mass is 16.8. The molecule has 3 fully saturated rings. The molecule has 10 rings (SSSR count). The molecule has 0 bridgehead atoms. The highest BCUT2D eigenvalue weighted by Gasteiger charge is 2.72. The van der Waals surface area contributed by atoms with Crippen LogP contribution in [0.4, 0.5) is 5.69 Å². The Morgan fingerprint density at radius 3 is 2.45 bits per heavy atom. The second-order valence-corrected chi connectivity index (χ2v) is 21.5. The zero-order valence-corrected chi connectivity index (χ0v) is 41.6. The summed E-state index contributed by atoms with van der Waals surface area (Å²) in [5.41, 5.74) is 11.4. The number of aliphatic imine (C=N–C) groups is 1. The zero-order chi connectivity index (χ0) is 54.0. The number of carboxylic acids is 1. The molecular formula is C55H66N6O15. The summed E-state index contributed by atoms with van der Waals surface area (Å²) in [4.78, 5) is 42.9. The summed E-state index contributed by atoms with van der Waals surface area (Å²) in [5.74, 6) is -10.8. The first kappa shape index (κ1) is 52.9. The van der Waals surface area contributed by atoms with Gasteiger partial charge in [0.25, 0.3) is 5.91 Å². The standard InChI is InChI=1S/C55H66N6O15/c56-52(57)59-16-15-28-9-10-30(19-40(28)66)36-22-53(51(72)73)46(47(36)54-32(4-2-5-33(54)24-62)12-11-29-3-1-6-39(65)45(29)54)35-20-41(67)42(75-55(74)50(71)49(70)48(69)43(25-63)76-55)21-37(35)61(53)44(68)14-8-27-7-13-38(64)31(17-27)18-34-23-58-26-60-34/h1,3,6-8,13-14,17,20-23,26,28,30,32-33,40,43,46-50,62-67,69-71,74H,2,4-5,9-12,15-16,18-19,24-25H2,(H,58,60)(H,72,73)(H4,56,57,59). The Bertz CT molecular complexity index is 2950. The number of hydrogen-bond acceptors (Lipinski definition) is 16. The number of nitrogens with zero attached hydrogens (tertiary/aromatic N) is 3. The van der Waals surface area contributed by atoms with Crippen molar-refractivity contribution in [2.75, 3.05) is 24.7 Å². The van der Waals surface area contributed by atoms with Crippen molar-refractivity contribution in [1.29, 1.82) is 0 Å². The van der Waals surface area contributed by atoms with Crippen molar-refractivity contribution in [3.8, 4) is 23.0 Å². The molecule has 14 atom stereocenters. The van der Waals surface area contributed by atoms with Crippen molar-refractivity contribution in [2.45, 2.75) is 118 Å². The van der Waals surface area contributed by atoms with Crippen LogP contribution in [0.15, 0.2) is 83.8 Å². The number of aliphatic carboxylic acids is 1. The van der Waals surface area contributed by atoms with Crippen molar-refractivity contribution in [1.82, 2.24) is 9.97 Å².